The normalized spacial score (nSPS) is 9.75. The molecule has 1 aromatic heterocycles. The van der Waals surface area contributed by atoms with E-state index in [2.05, 4.69) is 25.5 Å². The van der Waals surface area contributed by atoms with Crippen molar-refractivity contribution in [1.29, 1.82) is 0 Å². The van der Waals surface area contributed by atoms with E-state index in [-0.39, 0.29) is 0 Å². The Labute approximate surface area is 59.2 Å². The molecule has 1 heterocycles. The second-order valence-corrected chi connectivity index (χ2v) is 3.27. The summed E-state index contributed by atoms with van der Waals surface area (Å²) in [6, 6.07) is 0. The zero-order valence-corrected chi connectivity index (χ0v) is 6.37. The fraction of sp³-hybridized carbons (Fsp3) is 0.333. The molecule has 0 saturated heterocycles. The third-order valence-electron chi connectivity index (χ3n) is 0.703. The molecule has 0 aliphatic heterocycles. The molecule has 1 rings (SSSR count). The van der Waals surface area contributed by atoms with Crippen molar-refractivity contribution >= 4 is 27.5 Å². The smallest absolute Gasteiger partial charge is 0.115 e. The van der Waals surface area contributed by atoms with Gasteiger partial charge in [0.15, 0.2) is 0 Å². The van der Waals surface area contributed by atoms with E-state index in [0.717, 1.165) is 9.48 Å². The van der Waals surface area contributed by atoms with E-state index in [1.165, 1.54) is 11.5 Å². The van der Waals surface area contributed by atoms with Crippen molar-refractivity contribution in [3.63, 3.8) is 0 Å². The highest BCUT2D eigenvalue weighted by Gasteiger charge is 1.99. The molecule has 0 bridgehead atoms. The summed E-state index contributed by atoms with van der Waals surface area (Å²) in [5, 5.41) is 3.73. The Morgan fingerprint density at radius 1 is 1.75 bits per heavy atom. The monoisotopic (exact) mass is 193 g/mol. The first-order chi connectivity index (χ1) is 3.84. The molecule has 0 aromatic carbocycles. The van der Waals surface area contributed by atoms with Gasteiger partial charge < -0.3 is 5.73 Å². The van der Waals surface area contributed by atoms with Gasteiger partial charge in [-0.2, -0.15) is 0 Å². The number of nitrogens with two attached hydrogens (primary N) is 1. The largest absolute Gasteiger partial charge is 0.325 e. The van der Waals surface area contributed by atoms with Crippen LogP contribution in [-0.4, -0.2) is 9.59 Å². The molecule has 2 N–H and O–H groups in total. The van der Waals surface area contributed by atoms with E-state index in [9.17, 15) is 0 Å². The van der Waals surface area contributed by atoms with Gasteiger partial charge in [-0.25, -0.2) is 0 Å². The number of hydrogen-bond donors (Lipinski definition) is 1. The Morgan fingerprint density at radius 2 is 2.50 bits per heavy atom. The Bertz CT molecular complexity index is 175. The Morgan fingerprint density at radius 3 is 2.75 bits per heavy atom. The van der Waals surface area contributed by atoms with Crippen molar-refractivity contribution in [3.05, 3.63) is 9.48 Å². The maximum absolute atomic E-state index is 5.27. The van der Waals surface area contributed by atoms with Crippen LogP contribution in [0.1, 0.15) is 5.69 Å². The number of rotatable bonds is 1. The van der Waals surface area contributed by atoms with Crippen molar-refractivity contribution in [1.82, 2.24) is 9.59 Å². The summed E-state index contributed by atoms with van der Waals surface area (Å²) in [7, 11) is 0. The Kier molecular flexibility index (Phi) is 1.93. The van der Waals surface area contributed by atoms with Crippen molar-refractivity contribution in [2.75, 3.05) is 0 Å². The van der Waals surface area contributed by atoms with Gasteiger partial charge in [0, 0.05) is 6.54 Å². The van der Waals surface area contributed by atoms with Gasteiger partial charge in [0.05, 0.1) is 0 Å². The van der Waals surface area contributed by atoms with Crippen LogP contribution < -0.4 is 5.73 Å². The molecule has 0 aliphatic carbocycles. The van der Waals surface area contributed by atoms with E-state index < -0.39 is 0 Å². The molecule has 0 radical (unpaired) electrons. The third kappa shape index (κ3) is 1.04. The van der Waals surface area contributed by atoms with Crippen LogP contribution in [0.4, 0.5) is 0 Å². The zero-order valence-electron chi connectivity index (χ0n) is 3.97. The predicted molar refractivity (Wildman–Crippen MR) is 35.5 cm³/mol. The summed E-state index contributed by atoms with van der Waals surface area (Å²) in [5.41, 5.74) is 6.10. The van der Waals surface area contributed by atoms with Gasteiger partial charge in [0.1, 0.15) is 9.48 Å². The molecule has 1 aromatic rings. The molecule has 0 spiro atoms. The second-order valence-electron chi connectivity index (χ2n) is 1.20. The molecule has 5 heteroatoms. The molecule has 44 valence electrons. The van der Waals surface area contributed by atoms with E-state index in [4.69, 9.17) is 5.73 Å². The fourth-order valence-corrected chi connectivity index (χ4v) is 1.19. The number of aromatic nitrogens is 2. The average molecular weight is 194 g/mol. The average Bonchev–Trinajstić information content (AvgIpc) is 2.14. The Balaban J connectivity index is 2.92. The van der Waals surface area contributed by atoms with Gasteiger partial charge in [-0.3, -0.25) is 0 Å². The summed E-state index contributed by atoms with van der Waals surface area (Å²) in [6.45, 7) is 0.455. The summed E-state index contributed by atoms with van der Waals surface area (Å²) in [4.78, 5) is 0. The van der Waals surface area contributed by atoms with Crippen molar-refractivity contribution < 1.29 is 0 Å². The first-order valence-corrected chi connectivity index (χ1v) is 3.58. The molecular formula is C3H4BrN3S. The van der Waals surface area contributed by atoms with Gasteiger partial charge in [-0.05, 0) is 27.5 Å². The minimum absolute atomic E-state index is 0.455. The van der Waals surface area contributed by atoms with Crippen LogP contribution in [-0.2, 0) is 6.54 Å². The Hall–Kier alpha value is -0.000000000000000111. The van der Waals surface area contributed by atoms with E-state index in [0.29, 0.717) is 6.54 Å². The number of hydrogen-bond acceptors (Lipinski definition) is 4. The molecule has 0 fully saturated rings. The minimum Gasteiger partial charge on any atom is -0.325 e. The van der Waals surface area contributed by atoms with Gasteiger partial charge >= 0.3 is 0 Å². The maximum atomic E-state index is 5.27. The molecule has 0 aliphatic rings. The highest BCUT2D eigenvalue weighted by Crippen LogP contribution is 2.16. The van der Waals surface area contributed by atoms with Crippen LogP contribution in [0.5, 0.6) is 0 Å². The lowest BCUT2D eigenvalue weighted by Gasteiger charge is -1.81. The number of nitrogens with zero attached hydrogens (tertiary/aromatic N) is 2. The summed E-state index contributed by atoms with van der Waals surface area (Å²) < 4.78 is 4.59. The SMILES string of the molecule is NCc1nnsc1Br. The molecule has 0 unspecified atom stereocenters. The van der Waals surface area contributed by atoms with Crippen LogP contribution in [0.25, 0.3) is 0 Å². The van der Waals surface area contributed by atoms with Crippen molar-refractivity contribution in [2.45, 2.75) is 6.54 Å². The van der Waals surface area contributed by atoms with Crippen LogP contribution >= 0.6 is 27.5 Å². The highest BCUT2D eigenvalue weighted by molar-refractivity contribution is 9.11. The van der Waals surface area contributed by atoms with E-state index in [1.807, 2.05) is 0 Å². The van der Waals surface area contributed by atoms with Crippen LogP contribution in [0.2, 0.25) is 0 Å². The lowest BCUT2D eigenvalue weighted by atomic mass is 10.5. The standard InChI is InChI=1S/C3H4BrN3S/c4-3-2(1-5)6-7-8-3/h1,5H2. The molecular weight excluding hydrogens is 190 g/mol. The zero-order chi connectivity index (χ0) is 5.98. The third-order valence-corrected chi connectivity index (χ3v) is 2.15. The molecule has 3 nitrogen and oxygen atoms in total. The van der Waals surface area contributed by atoms with Gasteiger partial charge in [-0.1, -0.05) is 4.49 Å². The van der Waals surface area contributed by atoms with E-state index >= 15 is 0 Å². The quantitative estimate of drug-likeness (QED) is 0.717. The van der Waals surface area contributed by atoms with Gasteiger partial charge in [0.2, 0.25) is 0 Å². The lowest BCUT2D eigenvalue weighted by Crippen LogP contribution is -1.96. The number of halogens is 1. The van der Waals surface area contributed by atoms with Crippen molar-refractivity contribution in [3.8, 4) is 0 Å². The molecule has 8 heavy (non-hydrogen) atoms. The highest BCUT2D eigenvalue weighted by atomic mass is 79.9. The van der Waals surface area contributed by atoms with E-state index in [1.54, 1.807) is 0 Å². The minimum atomic E-state index is 0.455. The van der Waals surface area contributed by atoms with Crippen molar-refractivity contribution in [2.24, 2.45) is 5.73 Å². The van der Waals surface area contributed by atoms with Crippen LogP contribution in [0.15, 0.2) is 3.79 Å². The van der Waals surface area contributed by atoms with Crippen LogP contribution in [0.3, 0.4) is 0 Å². The maximum Gasteiger partial charge on any atom is 0.115 e. The molecule has 0 atom stereocenters. The van der Waals surface area contributed by atoms with Gasteiger partial charge in [0.25, 0.3) is 0 Å². The van der Waals surface area contributed by atoms with Gasteiger partial charge in [-0.15, -0.1) is 5.10 Å². The summed E-state index contributed by atoms with van der Waals surface area (Å²) >= 11 is 4.54. The summed E-state index contributed by atoms with van der Waals surface area (Å²) in [5.74, 6) is 0. The second kappa shape index (κ2) is 2.52. The lowest BCUT2D eigenvalue weighted by molar-refractivity contribution is 0.952. The first-order valence-electron chi connectivity index (χ1n) is 2.01. The predicted octanol–water partition coefficient (Wildman–Crippen LogP) is 0.759. The fourth-order valence-electron chi connectivity index (χ4n) is 0.319. The first kappa shape index (κ1) is 6.12. The summed E-state index contributed by atoms with van der Waals surface area (Å²) in [6.07, 6.45) is 0. The molecule has 0 saturated carbocycles. The topological polar surface area (TPSA) is 51.8 Å². The molecule has 0 amide bonds. The van der Waals surface area contributed by atoms with Crippen LogP contribution in [0, 0.1) is 0 Å².